The lowest BCUT2D eigenvalue weighted by atomic mass is 9.91. The summed E-state index contributed by atoms with van der Waals surface area (Å²) in [5.74, 6) is -0.308. The first-order valence-electron chi connectivity index (χ1n) is 15.2. The van der Waals surface area contributed by atoms with Gasteiger partial charge in [-0.1, -0.05) is 36.5 Å². The van der Waals surface area contributed by atoms with E-state index in [0.29, 0.717) is 30.8 Å². The minimum Gasteiger partial charge on any atom is -0.388 e. The van der Waals surface area contributed by atoms with Crippen molar-refractivity contribution in [2.24, 2.45) is 0 Å². The van der Waals surface area contributed by atoms with Crippen LogP contribution >= 0.6 is 0 Å². The van der Waals surface area contributed by atoms with Crippen molar-refractivity contribution in [1.82, 2.24) is 31.0 Å². The Labute approximate surface area is 259 Å². The number of benzene rings is 2. The Morgan fingerprint density at radius 3 is 2.48 bits per heavy atom. The van der Waals surface area contributed by atoms with E-state index in [-0.39, 0.29) is 18.0 Å². The molecule has 1 amide bonds. The molecule has 0 spiro atoms. The highest BCUT2D eigenvalue weighted by Gasteiger charge is 2.25. The maximum Gasteiger partial charge on any atom is 0.438 e. The molecule has 4 N–H and O–H groups in total. The van der Waals surface area contributed by atoms with Crippen molar-refractivity contribution in [2.75, 3.05) is 27.2 Å². The average molecular weight is 598 g/mol. The highest BCUT2D eigenvalue weighted by atomic mass is 16.5. The van der Waals surface area contributed by atoms with Gasteiger partial charge in [0.25, 0.3) is 5.91 Å². The number of rotatable bonds is 15. The van der Waals surface area contributed by atoms with E-state index >= 15 is 0 Å². The van der Waals surface area contributed by atoms with Crippen molar-refractivity contribution < 1.29 is 9.32 Å². The molecule has 2 aromatic carbocycles. The van der Waals surface area contributed by atoms with Gasteiger partial charge in [0, 0.05) is 56.6 Å². The molecule has 3 aromatic rings. The van der Waals surface area contributed by atoms with Crippen LogP contribution in [0.15, 0.2) is 64.6 Å². The second-order valence-corrected chi connectivity index (χ2v) is 11.4. The second-order valence-electron chi connectivity index (χ2n) is 11.4. The van der Waals surface area contributed by atoms with E-state index in [9.17, 15) is 14.9 Å². The summed E-state index contributed by atoms with van der Waals surface area (Å²) in [5, 5.41) is 22.7. The Hall–Kier alpha value is -4.62. The van der Waals surface area contributed by atoms with Gasteiger partial charge in [0.2, 0.25) is 0 Å². The minimum absolute atomic E-state index is 0.0659. The van der Waals surface area contributed by atoms with Gasteiger partial charge in [-0.2, -0.15) is 5.26 Å². The Balaban J connectivity index is 1.49. The molecule has 2 heterocycles. The van der Waals surface area contributed by atoms with Crippen LogP contribution in [0.5, 0.6) is 0 Å². The second kappa shape index (κ2) is 15.2. The van der Waals surface area contributed by atoms with Crippen LogP contribution in [0.1, 0.15) is 70.2 Å². The van der Waals surface area contributed by atoms with Gasteiger partial charge in [-0.25, -0.2) is 4.79 Å². The summed E-state index contributed by atoms with van der Waals surface area (Å²) in [6.07, 6.45) is 5.59. The smallest absolute Gasteiger partial charge is 0.388 e. The number of nitriles is 1. The summed E-state index contributed by atoms with van der Waals surface area (Å²) in [7, 11) is 3.48. The standard InChI is InChI=1S/C34H43N7O3/c1-22(38-21-23(2)41-16-6-7-31(41)20-35)8-9-25-10-11-26(24(3)36-4)17-27(25)12-13-28-18-30(33(42)37-5)15-14-29(28)19-32-39-34(43)44-40-32/h10-11,14-15,17-18,22,31,36,38H,2-3,6-9,12-13,16,19,21H2,1,4-5H3,(H,37,42)(H,39,40,43)/t22-,31?/m1/s1. The lowest BCUT2D eigenvalue weighted by Gasteiger charge is -2.26. The van der Waals surface area contributed by atoms with Crippen molar-refractivity contribution >= 4 is 11.6 Å². The van der Waals surface area contributed by atoms with Crippen LogP contribution in [0.25, 0.3) is 5.70 Å². The van der Waals surface area contributed by atoms with Gasteiger partial charge in [-0.3, -0.25) is 14.3 Å². The molecule has 232 valence electrons. The molecule has 0 aliphatic carbocycles. The van der Waals surface area contributed by atoms with Crippen LogP contribution in [-0.4, -0.2) is 60.2 Å². The van der Waals surface area contributed by atoms with Crippen molar-refractivity contribution in [3.8, 4) is 6.07 Å². The van der Waals surface area contributed by atoms with Crippen molar-refractivity contribution in [2.45, 2.75) is 64.0 Å². The van der Waals surface area contributed by atoms with Crippen LogP contribution in [-0.2, 0) is 25.7 Å². The third-order valence-corrected chi connectivity index (χ3v) is 8.37. The Bertz CT molecular complexity index is 1580. The third-order valence-electron chi connectivity index (χ3n) is 8.37. The van der Waals surface area contributed by atoms with Crippen LogP contribution in [0.3, 0.4) is 0 Å². The summed E-state index contributed by atoms with van der Waals surface area (Å²) in [4.78, 5) is 28.7. The fourth-order valence-electron chi connectivity index (χ4n) is 5.68. The van der Waals surface area contributed by atoms with Gasteiger partial charge in [0.1, 0.15) is 6.04 Å². The summed E-state index contributed by atoms with van der Waals surface area (Å²) in [6, 6.07) is 14.7. The van der Waals surface area contributed by atoms with Crippen molar-refractivity contribution in [3.63, 3.8) is 0 Å². The quantitative estimate of drug-likeness (QED) is 0.208. The number of carbonyl (C=O) groups excluding carboxylic acids is 1. The Morgan fingerprint density at radius 1 is 1.09 bits per heavy atom. The molecular formula is C34H43N7O3. The minimum atomic E-state index is -0.592. The fraction of sp³-hybridized carbons (Fsp3) is 0.412. The molecular weight excluding hydrogens is 554 g/mol. The topological polar surface area (TPSA) is 139 Å². The first-order chi connectivity index (χ1) is 21.2. The maximum atomic E-state index is 12.4. The molecule has 1 fully saturated rings. The van der Waals surface area contributed by atoms with E-state index in [1.54, 1.807) is 13.1 Å². The number of aromatic nitrogens is 2. The van der Waals surface area contributed by atoms with E-state index < -0.39 is 5.76 Å². The molecule has 2 atom stereocenters. The van der Waals surface area contributed by atoms with Gasteiger partial charge in [-0.15, -0.1) is 0 Å². The van der Waals surface area contributed by atoms with E-state index in [4.69, 9.17) is 4.52 Å². The first-order valence-corrected chi connectivity index (χ1v) is 15.2. The summed E-state index contributed by atoms with van der Waals surface area (Å²) >= 11 is 0. The molecule has 1 aromatic heterocycles. The zero-order chi connectivity index (χ0) is 31.6. The molecule has 1 unspecified atom stereocenters. The normalized spacial score (nSPS) is 15.0. The fourth-order valence-corrected chi connectivity index (χ4v) is 5.68. The molecule has 44 heavy (non-hydrogen) atoms. The largest absolute Gasteiger partial charge is 0.438 e. The first kappa shape index (κ1) is 32.3. The van der Waals surface area contributed by atoms with E-state index in [1.165, 1.54) is 11.1 Å². The van der Waals surface area contributed by atoms with Crippen LogP contribution in [0.2, 0.25) is 0 Å². The van der Waals surface area contributed by atoms with Gasteiger partial charge in [-0.05, 0) is 91.5 Å². The predicted molar refractivity (Wildman–Crippen MR) is 172 cm³/mol. The number of amides is 1. The molecule has 4 rings (SSSR count). The summed E-state index contributed by atoms with van der Waals surface area (Å²) < 4.78 is 4.69. The zero-order valence-corrected chi connectivity index (χ0v) is 26.0. The van der Waals surface area contributed by atoms with Crippen LogP contribution < -0.4 is 21.7 Å². The van der Waals surface area contributed by atoms with Gasteiger partial charge in [0.05, 0.1) is 6.07 Å². The van der Waals surface area contributed by atoms with E-state index in [0.717, 1.165) is 66.7 Å². The number of likely N-dealkylation sites (tertiary alicyclic amines) is 1. The van der Waals surface area contributed by atoms with Gasteiger partial charge < -0.3 is 20.9 Å². The van der Waals surface area contributed by atoms with Crippen LogP contribution in [0, 0.1) is 11.3 Å². The molecule has 1 aliphatic rings. The summed E-state index contributed by atoms with van der Waals surface area (Å²) in [5.41, 5.74) is 7.89. The van der Waals surface area contributed by atoms with Gasteiger partial charge in [0.15, 0.2) is 5.82 Å². The number of H-pyrrole nitrogens is 1. The van der Waals surface area contributed by atoms with E-state index in [1.807, 2.05) is 19.2 Å². The van der Waals surface area contributed by atoms with Crippen molar-refractivity contribution in [3.05, 3.63) is 105 Å². The van der Waals surface area contributed by atoms with Crippen LogP contribution in [0.4, 0.5) is 0 Å². The highest BCUT2D eigenvalue weighted by molar-refractivity contribution is 5.94. The number of hydrogen-bond donors (Lipinski definition) is 4. The molecule has 1 aliphatic heterocycles. The molecule has 0 radical (unpaired) electrons. The lowest BCUT2D eigenvalue weighted by molar-refractivity contribution is 0.0963. The Kier molecular flexibility index (Phi) is 11.2. The Morgan fingerprint density at radius 2 is 1.80 bits per heavy atom. The molecule has 1 saturated heterocycles. The zero-order valence-electron chi connectivity index (χ0n) is 26.0. The molecule has 10 heteroatoms. The number of carbonyl (C=O) groups is 1. The number of aryl methyl sites for hydroxylation is 3. The van der Waals surface area contributed by atoms with E-state index in [2.05, 4.69) is 75.3 Å². The monoisotopic (exact) mass is 597 g/mol. The molecule has 10 nitrogen and oxygen atoms in total. The number of nitrogens with one attached hydrogen (secondary N) is 4. The van der Waals surface area contributed by atoms with Crippen molar-refractivity contribution in [1.29, 1.82) is 5.26 Å². The maximum absolute atomic E-state index is 12.4. The number of hydrogen-bond acceptors (Lipinski definition) is 8. The third kappa shape index (κ3) is 8.26. The molecule has 0 saturated carbocycles. The molecule has 0 bridgehead atoms. The predicted octanol–water partition coefficient (Wildman–Crippen LogP) is 3.70. The number of aromatic amines is 1. The summed E-state index contributed by atoms with van der Waals surface area (Å²) in [6.45, 7) is 12.1. The van der Waals surface area contributed by atoms with Gasteiger partial charge >= 0.3 is 5.76 Å². The highest BCUT2D eigenvalue weighted by Crippen LogP contribution is 2.24. The average Bonchev–Trinajstić information content (AvgIpc) is 3.70. The SMILES string of the molecule is C=C(NC)c1ccc(CC[C@@H](C)NCC(=C)N2CCCC2C#N)c(CCc2cc(C(=O)NC)ccc2Cc2noc(=O)[nH]2)c1. The number of nitrogens with zero attached hydrogens (tertiary/aromatic N) is 3. The lowest BCUT2D eigenvalue weighted by Crippen LogP contribution is -2.36.